The maximum Gasteiger partial charge on any atom is 0.259 e. The summed E-state index contributed by atoms with van der Waals surface area (Å²) in [4.78, 5) is 25.2. The molecule has 2 aliphatic carbocycles. The summed E-state index contributed by atoms with van der Waals surface area (Å²) in [6, 6.07) is 4.07. The zero-order valence-electron chi connectivity index (χ0n) is 18.3. The molecule has 1 unspecified atom stereocenters. The second kappa shape index (κ2) is 9.87. The van der Waals surface area contributed by atoms with Gasteiger partial charge in [0.25, 0.3) is 5.56 Å². The van der Waals surface area contributed by atoms with Crippen molar-refractivity contribution >= 4 is 21.6 Å². The van der Waals surface area contributed by atoms with Crippen LogP contribution in [0.5, 0.6) is 0 Å². The van der Waals surface area contributed by atoms with Crippen molar-refractivity contribution in [3.05, 3.63) is 50.8 Å². The minimum Gasteiger partial charge on any atom is -0.467 e. The molecule has 172 valence electrons. The van der Waals surface area contributed by atoms with E-state index in [1.165, 1.54) is 29.7 Å². The molecule has 1 saturated carbocycles. The van der Waals surface area contributed by atoms with E-state index in [2.05, 4.69) is 9.88 Å². The van der Waals surface area contributed by atoms with Crippen LogP contribution in [-0.2, 0) is 30.7 Å². The van der Waals surface area contributed by atoms with Gasteiger partial charge in [-0.05, 0) is 49.8 Å². The minimum absolute atomic E-state index is 0.0182. The Morgan fingerprint density at radius 1 is 1.28 bits per heavy atom. The number of hydrogen-bond acceptors (Lipinski definition) is 7. The van der Waals surface area contributed by atoms with Crippen molar-refractivity contribution in [3.63, 3.8) is 0 Å². The lowest BCUT2D eigenvalue weighted by Crippen LogP contribution is -2.43. The molecule has 3 heterocycles. The molecule has 2 aliphatic rings. The highest BCUT2D eigenvalue weighted by Crippen LogP contribution is 2.34. The predicted octanol–water partition coefficient (Wildman–Crippen LogP) is 3.78. The van der Waals surface area contributed by atoms with Crippen molar-refractivity contribution in [2.75, 3.05) is 13.2 Å². The lowest BCUT2D eigenvalue weighted by Gasteiger charge is -2.35. The number of aliphatic hydroxyl groups excluding tert-OH is 1. The number of aliphatic hydroxyl groups is 1. The first-order chi connectivity index (χ1) is 15.7. The fourth-order valence-corrected chi connectivity index (χ4v) is 6.40. The molecule has 0 spiro atoms. The van der Waals surface area contributed by atoms with Gasteiger partial charge in [-0.2, -0.15) is 0 Å². The highest BCUT2D eigenvalue weighted by atomic mass is 32.1. The van der Waals surface area contributed by atoms with E-state index in [0.29, 0.717) is 31.6 Å². The summed E-state index contributed by atoms with van der Waals surface area (Å²) in [5.41, 5.74) is 1.19. The van der Waals surface area contributed by atoms with E-state index in [1.54, 1.807) is 17.6 Å². The van der Waals surface area contributed by atoms with Crippen LogP contribution in [0.2, 0.25) is 0 Å². The Morgan fingerprint density at radius 2 is 2.16 bits per heavy atom. The number of nitrogens with zero attached hydrogens (tertiary/aromatic N) is 2. The maximum atomic E-state index is 12.9. The van der Waals surface area contributed by atoms with E-state index in [1.807, 2.05) is 12.1 Å². The summed E-state index contributed by atoms with van der Waals surface area (Å²) in [5.74, 6) is 1.44. The number of rotatable bonds is 9. The Bertz CT molecular complexity index is 1080. The Labute approximate surface area is 191 Å². The molecule has 1 atom stereocenters. The van der Waals surface area contributed by atoms with Crippen molar-refractivity contribution in [3.8, 4) is 0 Å². The molecular formula is C24H31N3O4S. The summed E-state index contributed by atoms with van der Waals surface area (Å²) >= 11 is 1.67. The second-order valence-corrected chi connectivity index (χ2v) is 10.1. The fourth-order valence-electron chi connectivity index (χ4n) is 5.12. The Kier molecular flexibility index (Phi) is 6.73. The predicted molar refractivity (Wildman–Crippen MR) is 124 cm³/mol. The summed E-state index contributed by atoms with van der Waals surface area (Å²) in [6.45, 7) is 1.62. The van der Waals surface area contributed by atoms with Crippen molar-refractivity contribution in [1.82, 2.24) is 14.9 Å². The van der Waals surface area contributed by atoms with Gasteiger partial charge in [0.05, 0.1) is 30.9 Å². The Balaban J connectivity index is 1.29. The summed E-state index contributed by atoms with van der Waals surface area (Å²) < 4.78 is 10.9. The molecule has 2 N–H and O–H groups in total. The van der Waals surface area contributed by atoms with E-state index < -0.39 is 6.10 Å². The van der Waals surface area contributed by atoms with Crippen LogP contribution in [-0.4, -0.2) is 45.3 Å². The molecule has 32 heavy (non-hydrogen) atoms. The zero-order chi connectivity index (χ0) is 21.9. The number of H-pyrrole nitrogens is 1. The monoisotopic (exact) mass is 457 g/mol. The number of aromatic nitrogens is 2. The molecule has 5 rings (SSSR count). The molecule has 3 aromatic heterocycles. The van der Waals surface area contributed by atoms with Crippen molar-refractivity contribution in [1.29, 1.82) is 0 Å². The first kappa shape index (κ1) is 21.8. The van der Waals surface area contributed by atoms with Crippen LogP contribution in [0.15, 0.2) is 27.6 Å². The number of ether oxygens (including phenoxy) is 1. The van der Waals surface area contributed by atoms with E-state index in [9.17, 15) is 9.90 Å². The van der Waals surface area contributed by atoms with Crippen LogP contribution in [0.3, 0.4) is 0 Å². The molecule has 8 heteroatoms. The van der Waals surface area contributed by atoms with E-state index in [-0.39, 0.29) is 12.2 Å². The molecule has 0 aliphatic heterocycles. The van der Waals surface area contributed by atoms with Gasteiger partial charge in [0.2, 0.25) is 0 Å². The van der Waals surface area contributed by atoms with Gasteiger partial charge in [-0.15, -0.1) is 11.3 Å². The SMILES string of the molecule is O=c1[nH]c(CN(CC(O)COCc2ccco2)C2CCCCC2)nc2sc3c(c12)CCC3. The van der Waals surface area contributed by atoms with Crippen LogP contribution in [0, 0.1) is 0 Å². The number of aryl methyl sites for hydroxylation is 2. The van der Waals surface area contributed by atoms with Gasteiger partial charge >= 0.3 is 0 Å². The van der Waals surface area contributed by atoms with Gasteiger partial charge in [0, 0.05) is 17.5 Å². The number of aromatic amines is 1. The maximum absolute atomic E-state index is 12.9. The normalized spacial score (nSPS) is 17.9. The third-order valence-corrected chi connectivity index (χ3v) is 7.83. The number of nitrogens with one attached hydrogen (secondary N) is 1. The average Bonchev–Trinajstić information content (AvgIpc) is 3.51. The molecule has 0 bridgehead atoms. The highest BCUT2D eigenvalue weighted by Gasteiger charge is 2.26. The minimum atomic E-state index is -0.618. The van der Waals surface area contributed by atoms with Crippen LogP contribution < -0.4 is 5.56 Å². The topological polar surface area (TPSA) is 91.6 Å². The third kappa shape index (κ3) is 4.83. The number of furan rings is 1. The summed E-state index contributed by atoms with van der Waals surface area (Å²) in [5, 5.41) is 11.5. The second-order valence-electron chi connectivity index (χ2n) is 9.02. The lowest BCUT2D eigenvalue weighted by atomic mass is 9.94. The average molecular weight is 458 g/mol. The molecule has 0 amide bonds. The van der Waals surface area contributed by atoms with E-state index in [4.69, 9.17) is 14.1 Å². The number of fused-ring (bicyclic) bond motifs is 3. The fraction of sp³-hybridized carbons (Fsp3) is 0.583. The number of thiophene rings is 1. The molecular weight excluding hydrogens is 426 g/mol. The molecule has 0 aromatic carbocycles. The molecule has 7 nitrogen and oxygen atoms in total. The zero-order valence-corrected chi connectivity index (χ0v) is 19.2. The summed E-state index contributed by atoms with van der Waals surface area (Å²) in [6.07, 6.45) is 10.1. The third-order valence-electron chi connectivity index (χ3n) is 6.65. The summed E-state index contributed by atoms with van der Waals surface area (Å²) in [7, 11) is 0. The van der Waals surface area contributed by atoms with Gasteiger partial charge in [-0.1, -0.05) is 19.3 Å². The molecule has 1 fully saturated rings. The standard InChI is InChI=1S/C24H31N3O4S/c28-17(14-30-15-18-8-5-11-31-18)12-27(16-6-2-1-3-7-16)13-21-25-23(29)22-19-9-4-10-20(19)32-24(22)26-21/h5,8,11,16-17,28H,1-4,6-7,9-10,12-15H2,(H,25,26,29). The first-order valence-electron chi connectivity index (χ1n) is 11.7. The van der Waals surface area contributed by atoms with Gasteiger partial charge in [-0.3, -0.25) is 9.69 Å². The lowest BCUT2D eigenvalue weighted by molar-refractivity contribution is -0.00766. The van der Waals surface area contributed by atoms with Crippen LogP contribution in [0.25, 0.3) is 10.2 Å². The van der Waals surface area contributed by atoms with Crippen LogP contribution in [0.4, 0.5) is 0 Å². The van der Waals surface area contributed by atoms with Crippen LogP contribution >= 0.6 is 11.3 Å². The van der Waals surface area contributed by atoms with Gasteiger partial charge in [-0.25, -0.2) is 4.98 Å². The molecule has 3 aromatic rings. The number of hydrogen-bond donors (Lipinski definition) is 2. The van der Waals surface area contributed by atoms with Crippen molar-refractivity contribution in [2.45, 2.75) is 76.7 Å². The van der Waals surface area contributed by atoms with Crippen molar-refractivity contribution in [2.24, 2.45) is 0 Å². The molecule has 0 radical (unpaired) electrons. The smallest absolute Gasteiger partial charge is 0.259 e. The van der Waals surface area contributed by atoms with Crippen molar-refractivity contribution < 1.29 is 14.3 Å². The van der Waals surface area contributed by atoms with E-state index >= 15 is 0 Å². The largest absolute Gasteiger partial charge is 0.467 e. The highest BCUT2D eigenvalue weighted by molar-refractivity contribution is 7.18. The van der Waals surface area contributed by atoms with Gasteiger partial charge in [0.1, 0.15) is 23.0 Å². The quantitative estimate of drug-likeness (QED) is 0.508. The van der Waals surface area contributed by atoms with Gasteiger partial charge in [0.15, 0.2) is 0 Å². The Hall–Kier alpha value is -2.00. The first-order valence-corrected chi connectivity index (χ1v) is 12.5. The van der Waals surface area contributed by atoms with Gasteiger partial charge < -0.3 is 19.2 Å². The molecule has 0 saturated heterocycles. The Morgan fingerprint density at radius 3 is 2.97 bits per heavy atom. The van der Waals surface area contributed by atoms with E-state index in [0.717, 1.165) is 48.1 Å². The van der Waals surface area contributed by atoms with Crippen LogP contribution in [0.1, 0.15) is 60.6 Å².